The Labute approximate surface area is 714 Å². The Morgan fingerprint density at radius 3 is 1.11 bits per heavy atom. The van der Waals surface area contributed by atoms with E-state index in [4.69, 9.17) is 56.8 Å². The van der Waals surface area contributed by atoms with Crippen molar-refractivity contribution in [3.63, 3.8) is 0 Å². The fourth-order valence-electron chi connectivity index (χ4n) is 14.3. The number of hydrogen-bond acceptors (Lipinski definition) is 20. The lowest BCUT2D eigenvalue weighted by molar-refractivity contribution is -0.118. The number of benzene rings is 9. The van der Waals surface area contributed by atoms with Crippen molar-refractivity contribution in [2.75, 3.05) is 152 Å². The van der Waals surface area contributed by atoms with Gasteiger partial charge < -0.3 is 98.2 Å². The van der Waals surface area contributed by atoms with Crippen molar-refractivity contribution in [1.29, 1.82) is 0 Å². The molecule has 3 fully saturated rings. The second kappa shape index (κ2) is 53.5. The van der Waals surface area contributed by atoms with Crippen LogP contribution in [-0.4, -0.2) is 189 Å². The van der Waals surface area contributed by atoms with Gasteiger partial charge in [-0.15, -0.1) is 0 Å². The maximum absolute atomic E-state index is 13.8. The van der Waals surface area contributed by atoms with Crippen LogP contribution in [0.2, 0.25) is 0 Å². The highest BCUT2D eigenvalue weighted by Gasteiger charge is 2.30. The Kier molecular flexibility index (Phi) is 40.8. The van der Waals surface area contributed by atoms with Gasteiger partial charge in [0.05, 0.1) is 92.0 Å². The van der Waals surface area contributed by atoms with Gasteiger partial charge in [-0.05, 0) is 183 Å². The molecule has 0 radical (unpaired) electrons. The van der Waals surface area contributed by atoms with Crippen molar-refractivity contribution in [2.45, 2.75) is 101 Å². The minimum absolute atomic E-state index is 0.00556. The maximum atomic E-state index is 13.8. The molecule has 3 heterocycles. The van der Waals surface area contributed by atoms with Gasteiger partial charge in [0.25, 0.3) is 0 Å². The van der Waals surface area contributed by atoms with Crippen molar-refractivity contribution in [2.24, 2.45) is 0 Å². The lowest BCUT2D eigenvalue weighted by Gasteiger charge is -2.32. The molecule has 122 heavy (non-hydrogen) atoms. The number of methoxy groups -OCH3 is 2. The standard InChI is InChI=1S/2C32H39FN2O6.C32H39FN2O5/c1-37-32(36)35-18-15-25-7-2-4-9-29(25)40-21-22-41-31-23-34-17-16-27(31)24-11-13-26(14-12-24)38-19-6-20-39-30-10-5-3-8-28(30)33;1-37-32(36)35-17-14-25-6-2-3-9-30(25)40-20-21-41-31-23-34-16-15-29(31)24-10-12-27(13-11-24)38-18-5-19-39-28-8-4-7-26(33)22-28;1-24(36)35-17-14-26-8-11-27(33)22-31(26)39-20-21-40-32-23-34-16-15-30(32)25-9-12-29(13-10-25)38-19-5-18-37-28-6-3-2-4-7-28/h2-5,7-14,27,31,34H,6,15-23H2,1H3,(H,35,36);2-4,6-13,22,29,31,34H,5,14-21,23H2,1H3,(H,35,36);2-4,6-13,22,30,32,34H,5,14-21,23H2,1H3,(H,35,36)/t27-,31+;29-,31+;30-,32+/m111/s1. The molecule has 12 rings (SSSR count). The zero-order valence-corrected chi connectivity index (χ0v) is 70.0. The minimum atomic E-state index is -0.446. The molecule has 0 bridgehead atoms. The maximum Gasteiger partial charge on any atom is 0.406 e. The number of carbonyl (C=O) groups is 3. The van der Waals surface area contributed by atoms with E-state index in [2.05, 4.69) is 77.8 Å². The van der Waals surface area contributed by atoms with Gasteiger partial charge in [-0.2, -0.15) is 0 Å². The molecule has 3 saturated heterocycles. The fraction of sp³-hybridized carbons (Fsp3) is 0.406. The molecule has 9 aromatic rings. The highest BCUT2D eigenvalue weighted by Crippen LogP contribution is 2.34. The topological polar surface area (TPSA) is 253 Å². The highest BCUT2D eigenvalue weighted by molar-refractivity contribution is 5.72. The van der Waals surface area contributed by atoms with Gasteiger partial charge >= 0.3 is 12.2 Å². The van der Waals surface area contributed by atoms with Crippen molar-refractivity contribution >= 4 is 18.1 Å². The minimum Gasteiger partial charge on any atom is -0.493 e. The molecule has 0 saturated carbocycles. The quantitative estimate of drug-likeness (QED) is 0.0194. The summed E-state index contributed by atoms with van der Waals surface area (Å²) in [6.07, 6.45) is 6.12. The summed E-state index contributed by atoms with van der Waals surface area (Å²) in [5.74, 6) is 5.84. The monoisotopic (exact) mass is 1680 g/mol. The van der Waals surface area contributed by atoms with Gasteiger partial charge in [-0.3, -0.25) is 4.79 Å². The third-order valence-electron chi connectivity index (χ3n) is 20.5. The molecular weight excluding hydrogens is 1570 g/mol. The number of ether oxygens (including phenoxy) is 14. The van der Waals surface area contributed by atoms with E-state index in [0.717, 1.165) is 116 Å². The molecule has 6 N–H and O–H groups in total. The highest BCUT2D eigenvalue weighted by atomic mass is 19.1. The van der Waals surface area contributed by atoms with E-state index in [0.29, 0.717) is 143 Å². The Hall–Kier alpha value is -11.3. The number of nitrogens with one attached hydrogen (secondary N) is 6. The Balaban J connectivity index is 0.000000192. The number of alkyl carbamates (subject to hydrolysis) is 2. The van der Waals surface area contributed by atoms with Gasteiger partial charge in [0, 0.05) is 95.3 Å². The smallest absolute Gasteiger partial charge is 0.406 e. The summed E-state index contributed by atoms with van der Waals surface area (Å²) in [5.41, 5.74) is 6.54. The average molecular weight is 1680 g/mol. The molecule has 23 nitrogen and oxygen atoms in total. The summed E-state index contributed by atoms with van der Waals surface area (Å²) in [5, 5.41) is 18.4. The van der Waals surface area contributed by atoms with Gasteiger partial charge in [-0.1, -0.05) is 115 Å². The summed E-state index contributed by atoms with van der Waals surface area (Å²) < 4.78 is 121. The Morgan fingerprint density at radius 1 is 0.336 bits per heavy atom. The van der Waals surface area contributed by atoms with Crippen LogP contribution < -0.4 is 74.5 Å². The summed E-state index contributed by atoms with van der Waals surface area (Å²) in [4.78, 5) is 33.8. The fourth-order valence-corrected chi connectivity index (χ4v) is 14.3. The molecular formula is C96H117F3N6O17. The molecule has 3 aliphatic heterocycles. The van der Waals surface area contributed by atoms with E-state index in [9.17, 15) is 27.6 Å². The van der Waals surface area contributed by atoms with Crippen LogP contribution >= 0.6 is 0 Å². The van der Waals surface area contributed by atoms with Crippen LogP contribution in [0, 0.1) is 17.5 Å². The molecule has 3 aliphatic rings. The molecule has 654 valence electrons. The zero-order chi connectivity index (χ0) is 85.4. The summed E-state index contributed by atoms with van der Waals surface area (Å²) in [6.45, 7) is 13.5. The summed E-state index contributed by atoms with van der Waals surface area (Å²) in [7, 11) is 2.70. The lowest BCUT2D eigenvalue weighted by atomic mass is 9.88. The number of piperidine rings is 3. The van der Waals surface area contributed by atoms with Crippen LogP contribution in [0.3, 0.4) is 0 Å². The van der Waals surface area contributed by atoms with Gasteiger partial charge in [0.2, 0.25) is 5.91 Å². The molecule has 0 aliphatic carbocycles. The first kappa shape index (κ1) is 93.0. The Bertz CT molecular complexity index is 4490. The predicted octanol–water partition coefficient (Wildman–Crippen LogP) is 15.1. The predicted molar refractivity (Wildman–Crippen MR) is 462 cm³/mol. The van der Waals surface area contributed by atoms with Crippen molar-refractivity contribution in [3.05, 3.63) is 269 Å². The lowest BCUT2D eigenvalue weighted by Crippen LogP contribution is -2.41. The molecule has 9 aromatic carbocycles. The summed E-state index contributed by atoms with van der Waals surface area (Å²) in [6, 6.07) is 67.1. The van der Waals surface area contributed by atoms with Crippen LogP contribution in [0.25, 0.3) is 0 Å². The third kappa shape index (κ3) is 33.3. The largest absolute Gasteiger partial charge is 0.493 e. The van der Waals surface area contributed by atoms with Crippen molar-refractivity contribution in [3.8, 4) is 51.7 Å². The van der Waals surface area contributed by atoms with E-state index in [1.807, 2.05) is 115 Å². The number of hydrogen-bond donors (Lipinski definition) is 6. The summed E-state index contributed by atoms with van der Waals surface area (Å²) >= 11 is 0. The second-order valence-corrected chi connectivity index (χ2v) is 29.2. The van der Waals surface area contributed by atoms with Crippen LogP contribution in [0.5, 0.6) is 51.7 Å². The molecule has 0 aromatic heterocycles. The molecule has 3 amide bonds. The van der Waals surface area contributed by atoms with Crippen LogP contribution in [-0.2, 0) is 47.7 Å². The molecule has 6 atom stereocenters. The van der Waals surface area contributed by atoms with Gasteiger partial charge in [0.15, 0.2) is 11.6 Å². The number of para-hydroxylation sites is 4. The molecule has 0 spiro atoms. The first-order valence-electron chi connectivity index (χ1n) is 42.1. The van der Waals surface area contributed by atoms with E-state index < -0.39 is 12.2 Å². The SMILES string of the molecule is CC(=O)NCCc1ccc(F)cc1OCCO[C@H]1CNCC[C@@H]1c1ccc(OCCCOc2ccccc2)cc1.COC(=O)NCCc1ccccc1OCCO[C@H]1CNCC[C@@H]1c1ccc(OCCCOc2cccc(F)c2)cc1.COC(=O)NCCc1ccccc1OCCO[C@H]1CNCC[C@@H]1c1ccc(OCCCOc2ccccc2F)cc1. The number of halogens is 3. The first-order chi connectivity index (χ1) is 59.8. The average Bonchev–Trinajstić information content (AvgIpc) is 0.841. The van der Waals surface area contributed by atoms with Crippen LogP contribution in [0.15, 0.2) is 218 Å². The van der Waals surface area contributed by atoms with E-state index >= 15 is 0 Å². The number of amides is 3. The van der Waals surface area contributed by atoms with E-state index in [1.54, 1.807) is 36.4 Å². The van der Waals surface area contributed by atoms with Gasteiger partial charge in [0.1, 0.15) is 77.5 Å². The normalized spacial score (nSPS) is 16.6. The van der Waals surface area contributed by atoms with Crippen LogP contribution in [0.1, 0.15) is 96.6 Å². The van der Waals surface area contributed by atoms with E-state index in [1.165, 1.54) is 68.2 Å². The molecule has 26 heteroatoms. The third-order valence-corrected chi connectivity index (χ3v) is 20.5. The van der Waals surface area contributed by atoms with Gasteiger partial charge in [-0.25, -0.2) is 22.8 Å². The second-order valence-electron chi connectivity index (χ2n) is 29.2. The van der Waals surface area contributed by atoms with E-state index in [-0.39, 0.29) is 65.2 Å². The number of rotatable bonds is 45. The first-order valence-corrected chi connectivity index (χ1v) is 42.1. The van der Waals surface area contributed by atoms with Crippen molar-refractivity contribution < 1.29 is 93.9 Å². The zero-order valence-electron chi connectivity index (χ0n) is 70.0. The molecule has 0 unspecified atom stereocenters. The van der Waals surface area contributed by atoms with Crippen molar-refractivity contribution in [1.82, 2.24) is 31.9 Å². The number of carbonyl (C=O) groups excluding carboxylic acids is 3. The Morgan fingerprint density at radius 2 is 0.689 bits per heavy atom. The van der Waals surface area contributed by atoms with Crippen LogP contribution in [0.4, 0.5) is 22.8 Å².